The zero-order chi connectivity index (χ0) is 17.1. The Morgan fingerprint density at radius 1 is 1.24 bits per heavy atom. The molecule has 0 fully saturated rings. The van der Waals surface area contributed by atoms with Crippen LogP contribution in [0.25, 0.3) is 0 Å². The summed E-state index contributed by atoms with van der Waals surface area (Å²) in [5.74, 6) is 0.414. The molecule has 0 unspecified atom stereocenters. The fourth-order valence-corrected chi connectivity index (χ4v) is 4.03. The van der Waals surface area contributed by atoms with E-state index in [4.69, 9.17) is 0 Å². The Kier molecular flexibility index (Phi) is 4.06. The number of aromatic nitrogens is 2. The quantitative estimate of drug-likeness (QED) is 0.788. The number of carbonyl (C=O) groups is 2. The number of aryl methyl sites for hydroxylation is 1. The Hall–Kier alpha value is -2.43. The standard InChI is InChI=1S/C19H21N3O2.CH4/c1-12-4-5-20-17(14(12)11-23)22-7-6-21-15(18(22)24)8-13-9-19(2,3)10-16(13)21;/h4-5,8,11H,6-7,9-10H2,1-3H3;1H4. The molecule has 4 rings (SSSR count). The minimum absolute atomic E-state index is 0. The molecule has 0 radical (unpaired) electrons. The van der Waals surface area contributed by atoms with Gasteiger partial charge in [0, 0.05) is 25.0 Å². The van der Waals surface area contributed by atoms with Crippen LogP contribution in [-0.2, 0) is 19.4 Å². The minimum Gasteiger partial charge on any atom is -0.339 e. The molecule has 0 N–H and O–H groups in total. The zero-order valence-corrected chi connectivity index (χ0v) is 14.3. The van der Waals surface area contributed by atoms with Crippen molar-refractivity contribution < 1.29 is 9.59 Å². The van der Waals surface area contributed by atoms with Gasteiger partial charge in [-0.25, -0.2) is 4.98 Å². The lowest BCUT2D eigenvalue weighted by atomic mass is 9.90. The second-order valence-electron chi connectivity index (χ2n) is 7.61. The molecule has 5 heteroatoms. The molecule has 0 saturated carbocycles. The first-order valence-electron chi connectivity index (χ1n) is 8.35. The van der Waals surface area contributed by atoms with Crippen LogP contribution in [0.3, 0.4) is 0 Å². The Labute approximate surface area is 148 Å². The van der Waals surface area contributed by atoms with Crippen molar-refractivity contribution in [3.63, 3.8) is 0 Å². The smallest absolute Gasteiger partial charge is 0.276 e. The first-order valence-corrected chi connectivity index (χ1v) is 8.35. The lowest BCUT2D eigenvalue weighted by molar-refractivity contribution is 0.0963. The highest BCUT2D eigenvalue weighted by Gasteiger charge is 2.37. The van der Waals surface area contributed by atoms with Crippen LogP contribution in [0.5, 0.6) is 0 Å². The van der Waals surface area contributed by atoms with Gasteiger partial charge in [-0.1, -0.05) is 21.3 Å². The SMILES string of the molecule is C.Cc1ccnc(N2CCn3c(cc4c3CC(C)(C)C4)C2=O)c1C=O. The summed E-state index contributed by atoms with van der Waals surface area (Å²) in [6, 6.07) is 3.83. The van der Waals surface area contributed by atoms with Gasteiger partial charge in [-0.2, -0.15) is 0 Å². The topological polar surface area (TPSA) is 55.2 Å². The first kappa shape index (κ1) is 17.4. The molecule has 0 bridgehead atoms. The normalized spacial score (nSPS) is 17.7. The molecule has 25 heavy (non-hydrogen) atoms. The van der Waals surface area contributed by atoms with Gasteiger partial charge < -0.3 is 4.57 Å². The van der Waals surface area contributed by atoms with Crippen molar-refractivity contribution in [2.75, 3.05) is 11.4 Å². The number of carbonyl (C=O) groups excluding carboxylic acids is 2. The Bertz CT molecular complexity index is 864. The predicted octanol–water partition coefficient (Wildman–Crippen LogP) is 3.43. The van der Waals surface area contributed by atoms with Gasteiger partial charge in [-0.3, -0.25) is 14.5 Å². The van der Waals surface area contributed by atoms with Crippen LogP contribution >= 0.6 is 0 Å². The van der Waals surface area contributed by atoms with Crippen molar-refractivity contribution in [1.29, 1.82) is 0 Å². The third kappa shape index (κ3) is 2.58. The minimum atomic E-state index is -0.0605. The summed E-state index contributed by atoms with van der Waals surface area (Å²) >= 11 is 0. The average molecular weight is 339 g/mol. The molecule has 0 spiro atoms. The van der Waals surface area contributed by atoms with Gasteiger partial charge in [0.15, 0.2) is 6.29 Å². The molecule has 2 aromatic rings. The third-order valence-corrected chi connectivity index (χ3v) is 5.19. The number of rotatable bonds is 2. The van der Waals surface area contributed by atoms with E-state index in [0.29, 0.717) is 17.9 Å². The highest BCUT2D eigenvalue weighted by molar-refractivity contribution is 6.07. The number of fused-ring (bicyclic) bond motifs is 3. The Morgan fingerprint density at radius 3 is 2.72 bits per heavy atom. The van der Waals surface area contributed by atoms with Crippen LogP contribution in [0.4, 0.5) is 5.82 Å². The number of hydrogen-bond donors (Lipinski definition) is 0. The lowest BCUT2D eigenvalue weighted by Gasteiger charge is -2.30. The predicted molar refractivity (Wildman–Crippen MR) is 98.4 cm³/mol. The van der Waals surface area contributed by atoms with Gasteiger partial charge in [0.2, 0.25) is 0 Å². The number of aldehydes is 1. The van der Waals surface area contributed by atoms with E-state index in [0.717, 1.165) is 36.9 Å². The van der Waals surface area contributed by atoms with Crippen molar-refractivity contribution in [3.05, 3.63) is 46.4 Å². The number of anilines is 1. The second-order valence-corrected chi connectivity index (χ2v) is 7.61. The number of pyridine rings is 1. The van der Waals surface area contributed by atoms with Crippen molar-refractivity contribution in [3.8, 4) is 0 Å². The number of amides is 1. The van der Waals surface area contributed by atoms with Crippen LogP contribution in [0.1, 0.15) is 58.9 Å². The van der Waals surface area contributed by atoms with Gasteiger partial charge in [0.05, 0.1) is 5.56 Å². The third-order valence-electron chi connectivity index (χ3n) is 5.19. The molecular weight excluding hydrogens is 314 g/mol. The van der Waals surface area contributed by atoms with Gasteiger partial charge in [-0.15, -0.1) is 0 Å². The summed E-state index contributed by atoms with van der Waals surface area (Å²) in [6.07, 6.45) is 4.47. The van der Waals surface area contributed by atoms with Crippen LogP contribution < -0.4 is 4.90 Å². The molecular formula is C20H25N3O2. The van der Waals surface area contributed by atoms with Crippen molar-refractivity contribution in [2.24, 2.45) is 5.41 Å². The van der Waals surface area contributed by atoms with Gasteiger partial charge >= 0.3 is 0 Å². The van der Waals surface area contributed by atoms with Crippen molar-refractivity contribution in [2.45, 2.75) is 47.6 Å². The highest BCUT2D eigenvalue weighted by Crippen LogP contribution is 2.39. The summed E-state index contributed by atoms with van der Waals surface area (Å²) < 4.78 is 2.17. The monoisotopic (exact) mass is 339 g/mol. The number of hydrogen-bond acceptors (Lipinski definition) is 3. The first-order chi connectivity index (χ1) is 11.4. The maximum absolute atomic E-state index is 13.0. The zero-order valence-electron chi connectivity index (χ0n) is 14.3. The van der Waals surface area contributed by atoms with E-state index in [2.05, 4.69) is 23.4 Å². The van der Waals surface area contributed by atoms with E-state index in [1.807, 2.05) is 13.0 Å². The van der Waals surface area contributed by atoms with Crippen LogP contribution in [0, 0.1) is 12.3 Å². The molecule has 3 heterocycles. The molecule has 1 aliphatic carbocycles. The number of nitrogens with zero attached hydrogens (tertiary/aromatic N) is 3. The molecule has 0 saturated heterocycles. The van der Waals surface area contributed by atoms with E-state index < -0.39 is 0 Å². The Morgan fingerprint density at radius 2 is 2.00 bits per heavy atom. The van der Waals surface area contributed by atoms with Crippen molar-refractivity contribution in [1.82, 2.24) is 9.55 Å². The molecule has 0 aromatic carbocycles. The summed E-state index contributed by atoms with van der Waals surface area (Å²) in [5.41, 5.74) is 4.93. The molecule has 0 atom stereocenters. The van der Waals surface area contributed by atoms with E-state index in [9.17, 15) is 9.59 Å². The lowest BCUT2D eigenvalue weighted by Crippen LogP contribution is -2.41. The van der Waals surface area contributed by atoms with Gasteiger partial charge in [0.25, 0.3) is 5.91 Å². The molecule has 1 amide bonds. The summed E-state index contributed by atoms with van der Waals surface area (Å²) in [4.78, 5) is 30.4. The Balaban J connectivity index is 0.00000182. The summed E-state index contributed by atoms with van der Waals surface area (Å²) in [6.45, 7) is 7.70. The maximum atomic E-state index is 13.0. The average Bonchev–Trinajstić information content (AvgIpc) is 3.00. The molecule has 2 aromatic heterocycles. The van der Waals surface area contributed by atoms with Crippen LogP contribution in [-0.4, -0.2) is 28.3 Å². The van der Waals surface area contributed by atoms with E-state index in [-0.39, 0.29) is 18.7 Å². The summed E-state index contributed by atoms with van der Waals surface area (Å²) in [5, 5.41) is 0. The van der Waals surface area contributed by atoms with Crippen LogP contribution in [0.15, 0.2) is 18.3 Å². The van der Waals surface area contributed by atoms with E-state index >= 15 is 0 Å². The fourth-order valence-electron chi connectivity index (χ4n) is 4.03. The van der Waals surface area contributed by atoms with Crippen LogP contribution in [0.2, 0.25) is 0 Å². The molecule has 2 aliphatic rings. The summed E-state index contributed by atoms with van der Waals surface area (Å²) in [7, 11) is 0. The molecule has 1 aliphatic heterocycles. The van der Waals surface area contributed by atoms with E-state index in [1.165, 1.54) is 11.3 Å². The van der Waals surface area contributed by atoms with Gasteiger partial charge in [-0.05, 0) is 48.4 Å². The molecule has 5 nitrogen and oxygen atoms in total. The maximum Gasteiger partial charge on any atom is 0.276 e. The largest absolute Gasteiger partial charge is 0.339 e. The second kappa shape index (κ2) is 5.83. The highest BCUT2D eigenvalue weighted by atomic mass is 16.2. The van der Waals surface area contributed by atoms with Crippen molar-refractivity contribution >= 4 is 18.0 Å². The van der Waals surface area contributed by atoms with Gasteiger partial charge in [0.1, 0.15) is 11.5 Å². The van der Waals surface area contributed by atoms with E-state index in [1.54, 1.807) is 17.2 Å². The molecule has 132 valence electrons. The fraction of sp³-hybridized carbons (Fsp3) is 0.450.